The summed E-state index contributed by atoms with van der Waals surface area (Å²) in [5.74, 6) is 1.91. The maximum atomic E-state index is 5.20. The van der Waals surface area contributed by atoms with Crippen LogP contribution in [0.25, 0.3) is 111 Å². The topological polar surface area (TPSA) is 48.5 Å². The van der Waals surface area contributed by atoms with E-state index >= 15 is 0 Å². The second-order valence-corrected chi connectivity index (χ2v) is 14.8. The molecule has 9 aromatic carbocycles. The Morgan fingerprint density at radius 1 is 0.293 bits per heavy atom. The Labute approximate surface area is 333 Å². The summed E-state index contributed by atoms with van der Waals surface area (Å²) in [6, 6.07) is 71.0. The zero-order valence-electron chi connectivity index (χ0n) is 31.3. The van der Waals surface area contributed by atoms with Gasteiger partial charge in [-0.15, -0.1) is 0 Å². The molecule has 0 N–H and O–H groups in total. The summed E-state index contributed by atoms with van der Waals surface area (Å²) < 4.78 is 4.85. The van der Waals surface area contributed by atoms with Crippen LogP contribution < -0.4 is 0 Å². The highest BCUT2D eigenvalue weighted by Gasteiger charge is 2.21. The molecule has 5 heteroatoms. The van der Waals surface area contributed by atoms with E-state index in [4.69, 9.17) is 15.0 Å². The molecule has 3 heterocycles. The summed E-state index contributed by atoms with van der Waals surface area (Å²) >= 11 is 0. The van der Waals surface area contributed by atoms with Gasteiger partial charge in [-0.3, -0.25) is 0 Å². The van der Waals surface area contributed by atoms with Crippen molar-refractivity contribution in [2.24, 2.45) is 0 Å². The summed E-state index contributed by atoms with van der Waals surface area (Å²) in [5.41, 5.74) is 9.66. The first kappa shape index (κ1) is 32.4. The van der Waals surface area contributed by atoms with Gasteiger partial charge in [0, 0.05) is 49.6 Å². The van der Waals surface area contributed by atoms with E-state index in [-0.39, 0.29) is 0 Å². The van der Waals surface area contributed by atoms with Crippen LogP contribution in [-0.4, -0.2) is 24.1 Å². The van der Waals surface area contributed by atoms with E-state index in [0.717, 1.165) is 49.9 Å². The van der Waals surface area contributed by atoms with Crippen molar-refractivity contribution in [3.8, 4) is 45.5 Å². The third-order valence-electron chi connectivity index (χ3n) is 11.5. The van der Waals surface area contributed by atoms with E-state index in [1.807, 2.05) is 36.4 Å². The number of nitrogens with zero attached hydrogens (tertiary/aromatic N) is 5. The van der Waals surface area contributed by atoms with Gasteiger partial charge in [-0.2, -0.15) is 0 Å². The number of rotatable bonds is 5. The van der Waals surface area contributed by atoms with Crippen molar-refractivity contribution in [1.82, 2.24) is 24.1 Å². The van der Waals surface area contributed by atoms with Crippen LogP contribution >= 0.6 is 0 Å². The van der Waals surface area contributed by atoms with Crippen LogP contribution in [0.1, 0.15) is 0 Å². The summed E-state index contributed by atoms with van der Waals surface area (Å²) in [4.78, 5) is 15.4. The van der Waals surface area contributed by atoms with Gasteiger partial charge in [-0.1, -0.05) is 152 Å². The third-order valence-corrected chi connectivity index (χ3v) is 11.5. The molecular weight excluding hydrogens is 707 g/mol. The Morgan fingerprint density at radius 2 is 0.828 bits per heavy atom. The highest BCUT2D eigenvalue weighted by molar-refractivity contribution is 6.25. The lowest BCUT2D eigenvalue weighted by atomic mass is 10.0. The summed E-state index contributed by atoms with van der Waals surface area (Å²) in [5, 5.41) is 9.51. The molecule has 0 spiro atoms. The zero-order chi connectivity index (χ0) is 38.2. The first-order valence-corrected chi connectivity index (χ1v) is 19.6. The van der Waals surface area contributed by atoms with Gasteiger partial charge in [0.25, 0.3) is 0 Å². The number of fused-ring (bicyclic) bond motifs is 9. The van der Waals surface area contributed by atoms with Crippen LogP contribution in [0.15, 0.2) is 200 Å². The number of hydrogen-bond acceptors (Lipinski definition) is 3. The van der Waals surface area contributed by atoms with Crippen molar-refractivity contribution in [1.29, 1.82) is 0 Å². The van der Waals surface area contributed by atoms with Crippen LogP contribution in [0, 0.1) is 0 Å². The van der Waals surface area contributed by atoms with E-state index < -0.39 is 0 Å². The van der Waals surface area contributed by atoms with Gasteiger partial charge in [0.2, 0.25) is 0 Å². The lowest BCUT2D eigenvalue weighted by Gasteiger charge is -2.14. The highest BCUT2D eigenvalue weighted by atomic mass is 15.0. The molecule has 3 aromatic heterocycles. The largest absolute Gasteiger partial charge is 0.309 e. The normalized spacial score (nSPS) is 11.8. The minimum absolute atomic E-state index is 0.631. The smallest absolute Gasteiger partial charge is 0.164 e. The molecule has 0 aliphatic carbocycles. The van der Waals surface area contributed by atoms with Gasteiger partial charge in [-0.25, -0.2) is 15.0 Å². The van der Waals surface area contributed by atoms with E-state index in [0.29, 0.717) is 17.5 Å². The highest BCUT2D eigenvalue weighted by Crippen LogP contribution is 2.43. The molecule has 0 atom stereocenters. The van der Waals surface area contributed by atoms with E-state index in [9.17, 15) is 0 Å². The summed E-state index contributed by atoms with van der Waals surface area (Å²) in [6.07, 6.45) is 0. The fourth-order valence-corrected chi connectivity index (χ4v) is 8.92. The molecule has 0 fully saturated rings. The van der Waals surface area contributed by atoms with E-state index in [1.165, 1.54) is 43.4 Å². The number of benzene rings is 9. The standard InChI is InChI=1S/C53H33N5/c1-4-17-35(18-5-1)51-54-52(36-19-6-2-7-20-36)56-53(55-51)44-31-39(30-37-21-11-12-24-40(37)44)58-46-27-15-14-26-42(46)43-32-49-45(33-48(43)58)50-41-25-13-10-16-34(41)28-29-47(50)57(49)38-22-8-3-9-23-38/h1-33H. The number of para-hydroxylation sites is 2. The molecular formula is C53H33N5. The van der Waals surface area contributed by atoms with E-state index in [2.05, 4.69) is 173 Å². The minimum atomic E-state index is 0.631. The Kier molecular flexibility index (Phi) is 7.16. The second-order valence-electron chi connectivity index (χ2n) is 14.8. The van der Waals surface area contributed by atoms with Crippen LogP contribution in [0.2, 0.25) is 0 Å². The van der Waals surface area contributed by atoms with Crippen molar-refractivity contribution in [3.63, 3.8) is 0 Å². The summed E-state index contributed by atoms with van der Waals surface area (Å²) in [6.45, 7) is 0. The fraction of sp³-hybridized carbons (Fsp3) is 0. The molecule has 0 aliphatic heterocycles. The van der Waals surface area contributed by atoms with Crippen molar-refractivity contribution < 1.29 is 0 Å². The van der Waals surface area contributed by atoms with Crippen molar-refractivity contribution in [2.45, 2.75) is 0 Å². The average molecular weight is 740 g/mol. The molecule has 58 heavy (non-hydrogen) atoms. The molecule has 0 amide bonds. The molecule has 12 aromatic rings. The van der Waals surface area contributed by atoms with Crippen LogP contribution in [0.3, 0.4) is 0 Å². The predicted octanol–water partition coefficient (Wildman–Crippen LogP) is 13.4. The molecule has 0 saturated heterocycles. The Balaban J connectivity index is 1.18. The SMILES string of the molecule is c1ccc(-c2nc(-c3ccccc3)nc(-c3cc(-n4c5ccccc5c5cc6c(cc54)c4c5ccccc5ccc4n6-c4ccccc4)cc4ccccc34)n2)cc1. The van der Waals surface area contributed by atoms with Gasteiger partial charge in [0.15, 0.2) is 17.5 Å². The quantitative estimate of drug-likeness (QED) is 0.177. The van der Waals surface area contributed by atoms with E-state index in [1.54, 1.807) is 0 Å². The van der Waals surface area contributed by atoms with Gasteiger partial charge in [0.05, 0.1) is 22.1 Å². The second kappa shape index (κ2) is 12.8. The van der Waals surface area contributed by atoms with Crippen LogP contribution in [0.4, 0.5) is 0 Å². The van der Waals surface area contributed by atoms with Crippen molar-refractivity contribution in [2.75, 3.05) is 0 Å². The number of hydrogen-bond donors (Lipinski definition) is 0. The molecule has 0 aliphatic rings. The van der Waals surface area contributed by atoms with Gasteiger partial charge in [-0.05, 0) is 70.1 Å². The van der Waals surface area contributed by atoms with Gasteiger partial charge >= 0.3 is 0 Å². The molecule has 5 nitrogen and oxygen atoms in total. The molecule has 0 unspecified atom stereocenters. The molecule has 0 bridgehead atoms. The fourth-order valence-electron chi connectivity index (χ4n) is 8.92. The lowest BCUT2D eigenvalue weighted by molar-refractivity contribution is 1.07. The van der Waals surface area contributed by atoms with Crippen molar-refractivity contribution >= 4 is 65.2 Å². The first-order chi connectivity index (χ1) is 28.8. The lowest BCUT2D eigenvalue weighted by Crippen LogP contribution is -2.02. The average Bonchev–Trinajstić information content (AvgIpc) is 3.80. The predicted molar refractivity (Wildman–Crippen MR) is 240 cm³/mol. The minimum Gasteiger partial charge on any atom is -0.309 e. The maximum Gasteiger partial charge on any atom is 0.164 e. The molecule has 0 saturated carbocycles. The van der Waals surface area contributed by atoms with Crippen LogP contribution in [0.5, 0.6) is 0 Å². The van der Waals surface area contributed by atoms with Crippen LogP contribution in [-0.2, 0) is 0 Å². The third kappa shape index (κ3) is 5.00. The number of aromatic nitrogens is 5. The zero-order valence-corrected chi connectivity index (χ0v) is 31.3. The monoisotopic (exact) mass is 739 g/mol. The Morgan fingerprint density at radius 3 is 1.55 bits per heavy atom. The molecule has 12 rings (SSSR count). The first-order valence-electron chi connectivity index (χ1n) is 19.6. The Bertz CT molecular complexity index is 3490. The van der Waals surface area contributed by atoms with Crippen molar-refractivity contribution in [3.05, 3.63) is 200 Å². The Hall–Kier alpha value is -7.89. The van der Waals surface area contributed by atoms with Gasteiger partial charge in [0.1, 0.15) is 0 Å². The molecule has 0 radical (unpaired) electrons. The van der Waals surface area contributed by atoms with Gasteiger partial charge < -0.3 is 9.13 Å². The summed E-state index contributed by atoms with van der Waals surface area (Å²) in [7, 11) is 0. The molecule has 270 valence electrons. The maximum absolute atomic E-state index is 5.20.